The summed E-state index contributed by atoms with van der Waals surface area (Å²) in [4.78, 5) is 22.9. The molecule has 112 valence electrons. The number of hydrogen-bond acceptors (Lipinski definition) is 4. The number of carbonyl (C=O) groups is 2. The minimum Gasteiger partial charge on any atom is -0.548 e. The molecule has 0 aliphatic rings. The van der Waals surface area contributed by atoms with Crippen molar-refractivity contribution in [3.8, 4) is 0 Å². The van der Waals surface area contributed by atoms with Gasteiger partial charge in [0.1, 0.15) is 0 Å². The van der Waals surface area contributed by atoms with Crippen LogP contribution in [0.25, 0.3) is 0 Å². The standard InChI is InChI=1S/C15H13NO3.Na.2H2O/c16-13(15(18)19)11-7-4-8-12(9-11)14(17)10-5-2-1-3-6-10;;;/h1-9,13H,16H2,(H,18,19);;2*1H2/q;+1;;/p-1. The number of carboxylic acid groups (broad SMARTS) is 1. The number of rotatable bonds is 4. The molecule has 1 atom stereocenters. The van der Waals surface area contributed by atoms with Crippen LogP contribution in [0.2, 0.25) is 0 Å². The minimum absolute atomic E-state index is 0. The molecule has 0 saturated carbocycles. The Labute approximate surface area is 149 Å². The smallest absolute Gasteiger partial charge is 0.548 e. The van der Waals surface area contributed by atoms with Gasteiger partial charge in [-0.05, 0) is 11.6 Å². The summed E-state index contributed by atoms with van der Waals surface area (Å²) in [5.41, 5.74) is 6.77. The first-order valence-electron chi connectivity index (χ1n) is 5.76. The van der Waals surface area contributed by atoms with E-state index in [4.69, 9.17) is 5.73 Å². The molecule has 0 bridgehead atoms. The first-order valence-corrected chi connectivity index (χ1v) is 5.76. The molecule has 0 aromatic heterocycles. The third-order valence-electron chi connectivity index (χ3n) is 2.80. The van der Waals surface area contributed by atoms with Crippen LogP contribution in [0.15, 0.2) is 54.6 Å². The zero-order valence-electron chi connectivity index (χ0n) is 12.1. The van der Waals surface area contributed by atoms with Crippen molar-refractivity contribution in [3.63, 3.8) is 0 Å². The molecular weight excluding hydrogens is 297 g/mol. The van der Waals surface area contributed by atoms with E-state index in [2.05, 4.69) is 0 Å². The molecule has 0 fully saturated rings. The normalized spacial score (nSPS) is 10.2. The van der Waals surface area contributed by atoms with Gasteiger partial charge in [-0.2, -0.15) is 0 Å². The van der Waals surface area contributed by atoms with E-state index in [1.165, 1.54) is 6.07 Å². The van der Waals surface area contributed by atoms with Crippen LogP contribution in [-0.2, 0) is 4.79 Å². The predicted molar refractivity (Wildman–Crippen MR) is 75.5 cm³/mol. The van der Waals surface area contributed by atoms with Gasteiger partial charge in [0.05, 0.1) is 12.0 Å². The molecule has 2 aromatic rings. The van der Waals surface area contributed by atoms with Crippen LogP contribution in [0.3, 0.4) is 0 Å². The number of nitrogens with two attached hydrogens (primary N) is 1. The molecular formula is C15H16NNaO5. The molecule has 0 heterocycles. The van der Waals surface area contributed by atoms with Crippen molar-refractivity contribution in [3.05, 3.63) is 71.3 Å². The number of ketones is 1. The van der Waals surface area contributed by atoms with Crippen LogP contribution in [0.1, 0.15) is 27.5 Å². The van der Waals surface area contributed by atoms with Crippen molar-refractivity contribution < 1.29 is 55.2 Å². The molecule has 22 heavy (non-hydrogen) atoms. The summed E-state index contributed by atoms with van der Waals surface area (Å²) in [7, 11) is 0. The third-order valence-corrected chi connectivity index (χ3v) is 2.80. The molecule has 0 aliphatic heterocycles. The fourth-order valence-corrected chi connectivity index (χ4v) is 1.77. The van der Waals surface area contributed by atoms with Crippen molar-refractivity contribution in [2.75, 3.05) is 0 Å². The van der Waals surface area contributed by atoms with Crippen molar-refractivity contribution >= 4 is 11.8 Å². The van der Waals surface area contributed by atoms with E-state index in [0.29, 0.717) is 16.7 Å². The molecule has 0 aliphatic carbocycles. The van der Waals surface area contributed by atoms with E-state index in [1.807, 2.05) is 6.07 Å². The van der Waals surface area contributed by atoms with Gasteiger partial charge in [0.15, 0.2) is 5.78 Å². The van der Waals surface area contributed by atoms with E-state index in [0.717, 1.165) is 0 Å². The Balaban J connectivity index is 0. The fourth-order valence-electron chi connectivity index (χ4n) is 1.77. The zero-order valence-corrected chi connectivity index (χ0v) is 14.1. The Morgan fingerprint density at radius 1 is 0.909 bits per heavy atom. The van der Waals surface area contributed by atoms with Gasteiger partial charge in [0, 0.05) is 11.1 Å². The van der Waals surface area contributed by atoms with Gasteiger partial charge in [0.2, 0.25) is 0 Å². The average Bonchev–Trinajstić information content (AvgIpc) is 2.46. The van der Waals surface area contributed by atoms with Crippen LogP contribution >= 0.6 is 0 Å². The van der Waals surface area contributed by atoms with Gasteiger partial charge >= 0.3 is 29.6 Å². The third kappa shape index (κ3) is 5.34. The molecule has 0 spiro atoms. The molecule has 7 heteroatoms. The second-order valence-electron chi connectivity index (χ2n) is 4.12. The van der Waals surface area contributed by atoms with Crippen molar-refractivity contribution in [2.45, 2.75) is 6.04 Å². The first-order chi connectivity index (χ1) is 9.09. The van der Waals surface area contributed by atoms with E-state index < -0.39 is 12.0 Å². The summed E-state index contributed by atoms with van der Waals surface area (Å²) < 4.78 is 0. The van der Waals surface area contributed by atoms with Gasteiger partial charge < -0.3 is 26.6 Å². The number of carboxylic acids is 1. The van der Waals surface area contributed by atoms with Crippen molar-refractivity contribution in [1.29, 1.82) is 0 Å². The summed E-state index contributed by atoms with van der Waals surface area (Å²) in [5.74, 6) is -1.54. The van der Waals surface area contributed by atoms with Gasteiger partial charge in [-0.3, -0.25) is 4.79 Å². The largest absolute Gasteiger partial charge is 1.00 e. The maximum atomic E-state index is 12.2. The van der Waals surface area contributed by atoms with Gasteiger partial charge in [-0.25, -0.2) is 0 Å². The van der Waals surface area contributed by atoms with Crippen LogP contribution < -0.4 is 40.4 Å². The topological polar surface area (TPSA) is 146 Å². The fraction of sp³-hybridized carbons (Fsp3) is 0.0667. The molecule has 0 amide bonds. The summed E-state index contributed by atoms with van der Waals surface area (Å²) in [6.07, 6.45) is 0. The van der Waals surface area contributed by atoms with Crippen LogP contribution in [0.4, 0.5) is 0 Å². The Bertz CT molecular complexity index is 618. The molecule has 2 rings (SSSR count). The van der Waals surface area contributed by atoms with Gasteiger partial charge in [0.25, 0.3) is 0 Å². The second kappa shape index (κ2) is 10.2. The number of benzene rings is 2. The predicted octanol–water partition coefficient (Wildman–Crippen LogP) is -3.98. The van der Waals surface area contributed by atoms with E-state index >= 15 is 0 Å². The Hall–Kier alpha value is -1.54. The SMILES string of the molecule is NC(C(=O)[O-])c1cccc(C(=O)c2ccccc2)c1.O.O.[Na+]. The van der Waals surface area contributed by atoms with Crippen LogP contribution in [0, 0.1) is 0 Å². The molecule has 6 nitrogen and oxygen atoms in total. The van der Waals surface area contributed by atoms with Crippen molar-refractivity contribution in [2.24, 2.45) is 5.73 Å². The Kier molecular flexibility index (Phi) is 10.6. The summed E-state index contributed by atoms with van der Waals surface area (Å²) >= 11 is 0. The van der Waals surface area contributed by atoms with E-state index in [1.54, 1.807) is 42.5 Å². The molecule has 1 unspecified atom stereocenters. The summed E-state index contributed by atoms with van der Waals surface area (Å²) in [6, 6.07) is 13.8. The monoisotopic (exact) mass is 313 g/mol. The summed E-state index contributed by atoms with van der Waals surface area (Å²) in [6.45, 7) is 0. The van der Waals surface area contributed by atoms with Gasteiger partial charge in [-0.15, -0.1) is 0 Å². The number of hydrogen-bond donors (Lipinski definition) is 1. The maximum Gasteiger partial charge on any atom is 1.00 e. The molecule has 0 saturated heterocycles. The quantitative estimate of drug-likeness (QED) is 0.453. The minimum atomic E-state index is -1.37. The average molecular weight is 313 g/mol. The molecule has 0 radical (unpaired) electrons. The first kappa shape index (κ1) is 22.7. The molecule has 2 aromatic carbocycles. The van der Waals surface area contributed by atoms with E-state index in [-0.39, 0.29) is 46.3 Å². The Morgan fingerprint density at radius 2 is 1.45 bits per heavy atom. The second-order valence-corrected chi connectivity index (χ2v) is 4.12. The number of carbonyl (C=O) groups excluding carboxylic acids is 2. The number of aliphatic carboxylic acids is 1. The zero-order chi connectivity index (χ0) is 13.8. The van der Waals surface area contributed by atoms with Crippen LogP contribution in [0.5, 0.6) is 0 Å². The summed E-state index contributed by atoms with van der Waals surface area (Å²) in [5, 5.41) is 10.7. The maximum absolute atomic E-state index is 12.2. The molecule has 6 N–H and O–H groups in total. The Morgan fingerprint density at radius 3 is 2.00 bits per heavy atom. The van der Waals surface area contributed by atoms with E-state index in [9.17, 15) is 14.7 Å². The van der Waals surface area contributed by atoms with Crippen molar-refractivity contribution in [1.82, 2.24) is 0 Å². The van der Waals surface area contributed by atoms with Gasteiger partial charge in [-0.1, -0.05) is 48.5 Å². The van der Waals surface area contributed by atoms with Crippen LogP contribution in [-0.4, -0.2) is 22.7 Å².